The van der Waals surface area contributed by atoms with E-state index in [1.807, 2.05) is 13.8 Å². The molecule has 104 valence electrons. The van der Waals surface area contributed by atoms with Gasteiger partial charge in [0.1, 0.15) is 5.60 Å². The molecule has 0 spiro atoms. The maximum Gasteiger partial charge on any atom is 0.334 e. The Morgan fingerprint density at radius 1 is 1.22 bits per heavy atom. The summed E-state index contributed by atoms with van der Waals surface area (Å²) in [6.45, 7) is 13.0. The van der Waals surface area contributed by atoms with Crippen LogP contribution in [0.3, 0.4) is 0 Å². The fourth-order valence-electron chi connectivity index (χ4n) is 1.50. The summed E-state index contributed by atoms with van der Waals surface area (Å²) in [6.07, 6.45) is 0.517. The Labute approximate surface area is 109 Å². The minimum Gasteiger partial charge on any atom is -0.466 e. The predicted molar refractivity (Wildman–Crippen MR) is 69.9 cm³/mol. The average molecular weight is 256 g/mol. The number of methoxy groups -OCH3 is 1. The third kappa shape index (κ3) is 5.84. The molecular weight excluding hydrogens is 232 g/mol. The second-order valence-corrected chi connectivity index (χ2v) is 5.73. The molecule has 0 rings (SSSR count). The predicted octanol–water partition coefficient (Wildman–Crippen LogP) is 2.72. The van der Waals surface area contributed by atoms with Gasteiger partial charge >= 0.3 is 11.9 Å². The molecule has 0 aliphatic rings. The molecule has 0 aromatic heterocycles. The van der Waals surface area contributed by atoms with E-state index in [1.165, 1.54) is 7.11 Å². The minimum atomic E-state index is -0.642. The Hall–Kier alpha value is -1.32. The Morgan fingerprint density at radius 2 is 1.72 bits per heavy atom. The van der Waals surface area contributed by atoms with E-state index in [4.69, 9.17) is 4.74 Å². The second kappa shape index (κ2) is 6.57. The fraction of sp³-hybridized carbons (Fsp3) is 0.714. The van der Waals surface area contributed by atoms with Crippen molar-refractivity contribution in [2.75, 3.05) is 7.11 Å². The van der Waals surface area contributed by atoms with E-state index in [1.54, 1.807) is 20.8 Å². The Kier molecular flexibility index (Phi) is 6.09. The third-order valence-electron chi connectivity index (χ3n) is 2.27. The molecule has 4 nitrogen and oxygen atoms in total. The minimum absolute atomic E-state index is 0.153. The molecule has 4 heteroatoms. The first-order chi connectivity index (χ1) is 8.08. The first kappa shape index (κ1) is 16.7. The quantitative estimate of drug-likeness (QED) is 0.560. The van der Waals surface area contributed by atoms with E-state index in [9.17, 15) is 9.59 Å². The molecule has 0 saturated carbocycles. The summed E-state index contributed by atoms with van der Waals surface area (Å²) in [5.41, 5.74) is -0.427. The maximum atomic E-state index is 12.1. The van der Waals surface area contributed by atoms with Gasteiger partial charge in [0.2, 0.25) is 0 Å². The standard InChI is InChI=1S/C14H24O4/c1-9(2)8-11(10(3)12(15)17-7)13(16)18-14(4,5)6/h9,11H,3,8H2,1-2,4-7H3/t11-/m1/s1. The molecule has 0 aromatic rings. The van der Waals surface area contributed by atoms with Crippen molar-refractivity contribution >= 4 is 11.9 Å². The number of ether oxygens (including phenoxy) is 2. The van der Waals surface area contributed by atoms with Crippen LogP contribution in [0.4, 0.5) is 0 Å². The first-order valence-corrected chi connectivity index (χ1v) is 6.08. The Morgan fingerprint density at radius 3 is 2.06 bits per heavy atom. The second-order valence-electron chi connectivity index (χ2n) is 5.73. The van der Waals surface area contributed by atoms with Gasteiger partial charge in [-0.05, 0) is 33.1 Å². The van der Waals surface area contributed by atoms with Gasteiger partial charge in [0.05, 0.1) is 13.0 Å². The molecule has 0 N–H and O–H groups in total. The molecular formula is C14H24O4. The SMILES string of the molecule is C=C(C(=O)OC)[C@@H](CC(C)C)C(=O)OC(C)(C)C. The van der Waals surface area contributed by atoms with Crippen LogP contribution in [0.25, 0.3) is 0 Å². The van der Waals surface area contributed by atoms with Gasteiger partial charge in [-0.3, -0.25) is 4.79 Å². The van der Waals surface area contributed by atoms with Gasteiger partial charge in [0.25, 0.3) is 0 Å². The van der Waals surface area contributed by atoms with Gasteiger partial charge in [0.15, 0.2) is 0 Å². The average Bonchev–Trinajstić information content (AvgIpc) is 2.20. The molecule has 0 heterocycles. The fourth-order valence-corrected chi connectivity index (χ4v) is 1.50. The lowest BCUT2D eigenvalue weighted by Gasteiger charge is -2.25. The summed E-state index contributed by atoms with van der Waals surface area (Å²) >= 11 is 0. The topological polar surface area (TPSA) is 52.6 Å². The number of rotatable bonds is 5. The van der Waals surface area contributed by atoms with E-state index in [2.05, 4.69) is 11.3 Å². The highest BCUT2D eigenvalue weighted by Crippen LogP contribution is 2.24. The third-order valence-corrected chi connectivity index (χ3v) is 2.27. The van der Waals surface area contributed by atoms with Crippen LogP contribution in [0.15, 0.2) is 12.2 Å². The van der Waals surface area contributed by atoms with Crippen LogP contribution in [-0.2, 0) is 19.1 Å². The van der Waals surface area contributed by atoms with E-state index in [-0.39, 0.29) is 11.5 Å². The summed E-state index contributed by atoms with van der Waals surface area (Å²) in [6, 6.07) is 0. The molecule has 0 fully saturated rings. The van der Waals surface area contributed by atoms with E-state index in [0.717, 1.165) is 0 Å². The Balaban J connectivity index is 4.94. The lowest BCUT2D eigenvalue weighted by Crippen LogP contribution is -2.32. The summed E-state index contributed by atoms with van der Waals surface area (Å²) in [4.78, 5) is 23.5. The zero-order valence-corrected chi connectivity index (χ0v) is 12.2. The molecule has 18 heavy (non-hydrogen) atoms. The molecule has 0 aromatic carbocycles. The molecule has 0 unspecified atom stereocenters. The summed E-state index contributed by atoms with van der Waals surface area (Å²) < 4.78 is 9.92. The zero-order chi connectivity index (χ0) is 14.5. The van der Waals surface area contributed by atoms with Gasteiger partial charge < -0.3 is 9.47 Å². The van der Waals surface area contributed by atoms with Crippen molar-refractivity contribution < 1.29 is 19.1 Å². The van der Waals surface area contributed by atoms with Crippen molar-refractivity contribution in [3.63, 3.8) is 0 Å². The van der Waals surface area contributed by atoms with Crippen molar-refractivity contribution in [2.24, 2.45) is 11.8 Å². The van der Waals surface area contributed by atoms with Crippen LogP contribution in [-0.4, -0.2) is 24.6 Å². The number of hydrogen-bond acceptors (Lipinski definition) is 4. The van der Waals surface area contributed by atoms with Gasteiger partial charge in [-0.2, -0.15) is 0 Å². The highest BCUT2D eigenvalue weighted by atomic mass is 16.6. The normalized spacial score (nSPS) is 13.1. The van der Waals surface area contributed by atoms with E-state index < -0.39 is 23.5 Å². The smallest absolute Gasteiger partial charge is 0.334 e. The van der Waals surface area contributed by atoms with Gasteiger partial charge in [-0.15, -0.1) is 0 Å². The molecule has 0 radical (unpaired) electrons. The van der Waals surface area contributed by atoms with Crippen molar-refractivity contribution in [1.82, 2.24) is 0 Å². The van der Waals surface area contributed by atoms with Crippen molar-refractivity contribution in [2.45, 2.75) is 46.6 Å². The number of carbonyl (C=O) groups is 2. The Bertz CT molecular complexity index is 323. The molecule has 0 aliphatic heterocycles. The monoisotopic (exact) mass is 256 g/mol. The van der Waals surface area contributed by atoms with Crippen LogP contribution in [0.5, 0.6) is 0 Å². The summed E-state index contributed by atoms with van der Waals surface area (Å²) in [7, 11) is 1.27. The lowest BCUT2D eigenvalue weighted by atomic mass is 9.90. The highest BCUT2D eigenvalue weighted by molar-refractivity contribution is 5.94. The van der Waals surface area contributed by atoms with E-state index in [0.29, 0.717) is 6.42 Å². The van der Waals surface area contributed by atoms with Crippen molar-refractivity contribution in [3.8, 4) is 0 Å². The molecule has 1 atom stereocenters. The highest BCUT2D eigenvalue weighted by Gasteiger charge is 2.31. The van der Waals surface area contributed by atoms with Crippen LogP contribution >= 0.6 is 0 Å². The van der Waals surface area contributed by atoms with Crippen molar-refractivity contribution in [1.29, 1.82) is 0 Å². The molecule has 0 amide bonds. The number of hydrogen-bond donors (Lipinski definition) is 0. The largest absolute Gasteiger partial charge is 0.466 e. The molecule has 0 bridgehead atoms. The summed E-state index contributed by atoms with van der Waals surface area (Å²) in [5, 5.41) is 0. The van der Waals surface area contributed by atoms with Gasteiger partial charge in [-0.25, -0.2) is 4.79 Å². The van der Waals surface area contributed by atoms with Crippen LogP contribution in [0.2, 0.25) is 0 Å². The zero-order valence-electron chi connectivity index (χ0n) is 12.2. The van der Waals surface area contributed by atoms with Crippen LogP contribution in [0.1, 0.15) is 41.0 Å². The lowest BCUT2D eigenvalue weighted by molar-refractivity contribution is -0.160. The van der Waals surface area contributed by atoms with Gasteiger partial charge in [0, 0.05) is 5.57 Å². The number of carbonyl (C=O) groups excluding carboxylic acids is 2. The molecule has 0 aliphatic carbocycles. The maximum absolute atomic E-state index is 12.1. The van der Waals surface area contributed by atoms with Crippen molar-refractivity contribution in [3.05, 3.63) is 12.2 Å². The number of esters is 2. The first-order valence-electron chi connectivity index (χ1n) is 6.08. The van der Waals surface area contributed by atoms with Crippen LogP contribution in [0, 0.1) is 11.8 Å². The summed E-state index contributed by atoms with van der Waals surface area (Å²) in [5.74, 6) is -1.38. The van der Waals surface area contributed by atoms with Crippen LogP contribution < -0.4 is 0 Å². The van der Waals surface area contributed by atoms with Gasteiger partial charge in [-0.1, -0.05) is 20.4 Å². The molecule has 0 saturated heterocycles. The van der Waals surface area contributed by atoms with E-state index >= 15 is 0 Å².